The molecule has 1 aliphatic rings. The molecule has 5 rings (SSSR count). The molecule has 0 spiro atoms. The fraction of sp³-hybridized carbons (Fsp3) is 0.367. The lowest BCUT2D eigenvalue weighted by molar-refractivity contribution is 0.0697. The number of hydrogen-bond acceptors (Lipinski definition) is 6. The molecule has 1 saturated heterocycles. The van der Waals surface area contributed by atoms with Gasteiger partial charge in [-0.3, -0.25) is 4.90 Å². The van der Waals surface area contributed by atoms with Gasteiger partial charge in [-0.1, -0.05) is 35.9 Å². The third kappa shape index (κ3) is 7.06. The van der Waals surface area contributed by atoms with Crippen LogP contribution in [0.2, 0.25) is 0 Å². The van der Waals surface area contributed by atoms with Gasteiger partial charge in [0.2, 0.25) is 5.88 Å². The van der Waals surface area contributed by atoms with Crippen LogP contribution in [0.15, 0.2) is 60.7 Å². The van der Waals surface area contributed by atoms with Crippen LogP contribution >= 0.6 is 0 Å². The second-order valence-corrected chi connectivity index (χ2v) is 9.91. The van der Waals surface area contributed by atoms with E-state index in [1.54, 1.807) is 25.3 Å². The number of pyridine rings is 1. The molecule has 9 heteroatoms. The molecule has 1 aliphatic heterocycles. The number of carbonyl (C=O) groups is 1. The lowest BCUT2D eigenvalue weighted by Gasteiger charge is -2.31. The van der Waals surface area contributed by atoms with E-state index < -0.39 is 5.97 Å². The van der Waals surface area contributed by atoms with Crippen molar-refractivity contribution in [2.24, 2.45) is 0 Å². The van der Waals surface area contributed by atoms with Crippen LogP contribution in [0.5, 0.6) is 5.88 Å². The molecule has 4 aromatic rings. The average Bonchev–Trinajstić information content (AvgIpc) is 3.28. The summed E-state index contributed by atoms with van der Waals surface area (Å²) in [6, 6.07) is 19.5. The first-order valence-corrected chi connectivity index (χ1v) is 13.1. The minimum absolute atomic E-state index is 0. The van der Waals surface area contributed by atoms with E-state index in [9.17, 15) is 9.90 Å². The molecule has 0 atom stereocenters. The number of nitrogens with zero attached hydrogens (tertiary/aromatic N) is 4. The zero-order valence-corrected chi connectivity index (χ0v) is 22.0. The van der Waals surface area contributed by atoms with Crippen LogP contribution in [0.1, 0.15) is 51.8 Å². The largest absolute Gasteiger partial charge is 0.478 e. The number of hydrogen-bond donors (Lipinski definition) is 1. The van der Waals surface area contributed by atoms with Crippen molar-refractivity contribution in [2.75, 3.05) is 26.8 Å². The van der Waals surface area contributed by atoms with Crippen LogP contribution in [-0.2, 0) is 24.4 Å². The van der Waals surface area contributed by atoms with Crippen molar-refractivity contribution in [3.63, 3.8) is 0 Å². The van der Waals surface area contributed by atoms with Crippen molar-refractivity contribution in [2.45, 2.75) is 45.4 Å². The van der Waals surface area contributed by atoms with Crippen LogP contribution < -0.4 is 4.74 Å². The second kappa shape index (κ2) is 13.2. The van der Waals surface area contributed by atoms with Crippen LogP contribution in [-0.4, -0.2) is 74.7 Å². The molecule has 0 aliphatic carbocycles. The lowest BCUT2D eigenvalue weighted by Crippen LogP contribution is -2.33. The molecule has 0 amide bonds. The van der Waals surface area contributed by atoms with E-state index in [0.717, 1.165) is 54.0 Å². The Morgan fingerprint density at radius 3 is 2.54 bits per heavy atom. The number of carboxylic acids is 1. The monoisotopic (exact) mass is 544 g/mol. The van der Waals surface area contributed by atoms with Crippen LogP contribution in [0.3, 0.4) is 0 Å². The number of fused-ring (bicyclic) bond motifs is 1. The van der Waals surface area contributed by atoms with Gasteiger partial charge in [-0.15, -0.1) is 0 Å². The Morgan fingerprint density at radius 1 is 1.05 bits per heavy atom. The SMILES string of the molecule is COCCn1c(CN2CCC(c3cccc(OCc4ccc(C)cc4)n3)CC2)nc2ccc(C(=O)O)cc21.[AlH3]. The Labute approximate surface area is 239 Å². The zero-order chi connectivity index (χ0) is 26.5. The van der Waals surface area contributed by atoms with E-state index in [1.165, 1.54) is 5.56 Å². The van der Waals surface area contributed by atoms with E-state index >= 15 is 0 Å². The van der Waals surface area contributed by atoms with Gasteiger partial charge in [-0.25, -0.2) is 14.8 Å². The molecule has 3 heterocycles. The van der Waals surface area contributed by atoms with Crippen molar-refractivity contribution < 1.29 is 19.4 Å². The summed E-state index contributed by atoms with van der Waals surface area (Å²) in [4.78, 5) is 23.6. The first kappa shape index (κ1) is 28.8. The number of piperidine rings is 1. The van der Waals surface area contributed by atoms with E-state index in [4.69, 9.17) is 19.4 Å². The average molecular weight is 545 g/mol. The Morgan fingerprint density at radius 2 is 1.82 bits per heavy atom. The van der Waals surface area contributed by atoms with Gasteiger partial charge < -0.3 is 19.1 Å². The van der Waals surface area contributed by atoms with Gasteiger partial charge in [0, 0.05) is 31.3 Å². The van der Waals surface area contributed by atoms with Gasteiger partial charge >= 0.3 is 5.97 Å². The summed E-state index contributed by atoms with van der Waals surface area (Å²) in [5, 5.41) is 9.43. The third-order valence-electron chi connectivity index (χ3n) is 7.22. The fourth-order valence-electron chi connectivity index (χ4n) is 5.03. The van der Waals surface area contributed by atoms with Crippen molar-refractivity contribution in [3.8, 4) is 5.88 Å². The van der Waals surface area contributed by atoms with Crippen LogP contribution in [0.4, 0.5) is 0 Å². The molecule has 8 nitrogen and oxygen atoms in total. The molecular weight excluding hydrogens is 507 g/mol. The molecule has 0 saturated carbocycles. The molecule has 39 heavy (non-hydrogen) atoms. The van der Waals surface area contributed by atoms with Gasteiger partial charge in [-0.2, -0.15) is 0 Å². The molecule has 0 unspecified atom stereocenters. The summed E-state index contributed by atoms with van der Waals surface area (Å²) >= 11 is 0. The first-order chi connectivity index (χ1) is 18.5. The number of ether oxygens (including phenoxy) is 2. The van der Waals surface area contributed by atoms with Crippen molar-refractivity contribution in [1.29, 1.82) is 0 Å². The highest BCUT2D eigenvalue weighted by atomic mass is 27.0. The Bertz CT molecular complexity index is 1400. The number of methoxy groups -OCH3 is 1. The predicted molar refractivity (Wildman–Crippen MR) is 156 cm³/mol. The van der Waals surface area contributed by atoms with E-state index in [1.807, 2.05) is 12.1 Å². The summed E-state index contributed by atoms with van der Waals surface area (Å²) in [5.74, 6) is 1.05. The standard InChI is InChI=1S/C30H34N4O4.Al.3H/c1-21-6-8-22(9-7-21)20-38-29-5-3-4-25(32-29)23-12-14-33(15-13-23)19-28-31-26-11-10-24(30(35)36)18-27(26)34(28)16-17-37-2;;;;/h3-11,18,23H,12-17,19-20H2,1-2H3,(H,35,36);;;;. The van der Waals surface area contributed by atoms with Gasteiger partial charge in [0.1, 0.15) is 12.4 Å². The normalized spacial score (nSPS) is 14.3. The van der Waals surface area contributed by atoms with Crippen LogP contribution in [0.25, 0.3) is 11.0 Å². The van der Waals surface area contributed by atoms with E-state index in [-0.39, 0.29) is 22.9 Å². The topological polar surface area (TPSA) is 89.7 Å². The van der Waals surface area contributed by atoms with E-state index in [2.05, 4.69) is 46.7 Å². The maximum Gasteiger partial charge on any atom is 0.335 e. The molecule has 1 N–H and O–H groups in total. The van der Waals surface area contributed by atoms with Gasteiger partial charge in [-0.05, 0) is 62.7 Å². The molecule has 2 aromatic carbocycles. The molecular formula is C30H37AlN4O4. The smallest absolute Gasteiger partial charge is 0.335 e. The highest BCUT2D eigenvalue weighted by Crippen LogP contribution is 2.29. The lowest BCUT2D eigenvalue weighted by atomic mass is 9.93. The van der Waals surface area contributed by atoms with Gasteiger partial charge in [0.15, 0.2) is 17.4 Å². The van der Waals surface area contributed by atoms with Crippen molar-refractivity contribution in [3.05, 3.63) is 88.9 Å². The zero-order valence-electron chi connectivity index (χ0n) is 22.0. The minimum atomic E-state index is -0.937. The molecule has 204 valence electrons. The number of carboxylic acid groups (broad SMARTS) is 1. The first-order valence-electron chi connectivity index (χ1n) is 13.1. The molecule has 0 radical (unpaired) electrons. The second-order valence-electron chi connectivity index (χ2n) is 9.91. The minimum Gasteiger partial charge on any atom is -0.478 e. The Hall–Kier alpha value is -3.22. The van der Waals surface area contributed by atoms with Crippen molar-refractivity contribution >= 4 is 34.4 Å². The highest BCUT2D eigenvalue weighted by molar-refractivity contribution is 5.92. The number of likely N-dealkylation sites (tertiary alicyclic amines) is 1. The molecule has 2 aromatic heterocycles. The Kier molecular flexibility index (Phi) is 9.76. The maximum absolute atomic E-state index is 11.5. The summed E-state index contributed by atoms with van der Waals surface area (Å²) in [6.45, 7) is 6.33. The van der Waals surface area contributed by atoms with E-state index in [0.29, 0.717) is 38.1 Å². The quantitative estimate of drug-likeness (QED) is 0.303. The molecule has 1 fully saturated rings. The highest BCUT2D eigenvalue weighted by Gasteiger charge is 2.24. The number of imidazole rings is 1. The van der Waals surface area contributed by atoms with Crippen LogP contribution in [0, 0.1) is 6.92 Å². The summed E-state index contributed by atoms with van der Waals surface area (Å²) in [7, 11) is 1.67. The summed E-state index contributed by atoms with van der Waals surface area (Å²) in [6.07, 6.45) is 2.02. The predicted octanol–water partition coefficient (Wildman–Crippen LogP) is 3.86. The maximum atomic E-state index is 11.5. The number of aromatic nitrogens is 3. The fourth-order valence-corrected chi connectivity index (χ4v) is 5.03. The molecule has 0 bridgehead atoms. The summed E-state index contributed by atoms with van der Waals surface area (Å²) in [5.41, 5.74) is 5.35. The number of aromatic carboxylic acids is 1. The van der Waals surface area contributed by atoms with Gasteiger partial charge in [0.05, 0.1) is 29.7 Å². The third-order valence-corrected chi connectivity index (χ3v) is 7.22. The number of aryl methyl sites for hydroxylation is 1. The Balaban J connectivity index is 0.00000353. The number of rotatable bonds is 10. The van der Waals surface area contributed by atoms with Crippen molar-refractivity contribution in [1.82, 2.24) is 19.4 Å². The summed E-state index contributed by atoms with van der Waals surface area (Å²) < 4.78 is 13.4. The number of benzene rings is 2. The van der Waals surface area contributed by atoms with Gasteiger partial charge in [0.25, 0.3) is 0 Å².